The molecule has 0 unspecified atom stereocenters. The highest BCUT2D eigenvalue weighted by Crippen LogP contribution is 2.29. The van der Waals surface area contributed by atoms with Gasteiger partial charge in [0.05, 0.1) is 24.0 Å². The molecule has 1 fully saturated rings. The van der Waals surface area contributed by atoms with E-state index in [1.165, 1.54) is 0 Å². The summed E-state index contributed by atoms with van der Waals surface area (Å²) < 4.78 is 8.42. The number of likely N-dealkylation sites (tertiary alicyclic amines) is 1. The van der Waals surface area contributed by atoms with Gasteiger partial charge in [0.2, 0.25) is 0 Å². The second-order valence-electron chi connectivity index (χ2n) is 6.84. The smallest absolute Gasteiger partial charge is 0.410 e. The summed E-state index contributed by atoms with van der Waals surface area (Å²) in [5, 5.41) is 5.59. The minimum atomic E-state index is -0.454. The van der Waals surface area contributed by atoms with E-state index in [4.69, 9.17) is 4.74 Å². The summed E-state index contributed by atoms with van der Waals surface area (Å²) in [5.74, 6) is 0. The van der Waals surface area contributed by atoms with Gasteiger partial charge in [-0.2, -0.15) is 5.10 Å². The van der Waals surface area contributed by atoms with Crippen LogP contribution in [-0.4, -0.2) is 44.4 Å². The molecule has 6 nitrogen and oxygen atoms in total. The molecule has 23 heavy (non-hydrogen) atoms. The molecule has 1 saturated heterocycles. The molecule has 2 aromatic heterocycles. The minimum absolute atomic E-state index is 0.231. The monoisotopic (exact) mass is 380 g/mol. The highest BCUT2D eigenvalue weighted by Gasteiger charge is 2.28. The zero-order valence-electron chi connectivity index (χ0n) is 13.6. The number of fused-ring (bicyclic) bond motifs is 1. The molecule has 7 heteroatoms. The van der Waals surface area contributed by atoms with Crippen LogP contribution in [0.5, 0.6) is 0 Å². The van der Waals surface area contributed by atoms with Crippen molar-refractivity contribution in [1.82, 2.24) is 19.7 Å². The molecule has 0 aromatic carbocycles. The number of ether oxygens (including phenoxy) is 1. The average molecular weight is 381 g/mol. The van der Waals surface area contributed by atoms with Gasteiger partial charge in [0.25, 0.3) is 0 Å². The predicted octanol–water partition coefficient (Wildman–Crippen LogP) is 3.77. The summed E-state index contributed by atoms with van der Waals surface area (Å²) in [7, 11) is 0. The maximum atomic E-state index is 12.1. The Hall–Kier alpha value is -1.63. The fourth-order valence-corrected chi connectivity index (χ4v) is 3.26. The van der Waals surface area contributed by atoms with Crippen LogP contribution in [0, 0.1) is 0 Å². The van der Waals surface area contributed by atoms with Gasteiger partial charge in [-0.05, 0) is 49.5 Å². The molecule has 1 amide bonds. The van der Waals surface area contributed by atoms with Crippen molar-refractivity contribution in [3.8, 4) is 0 Å². The molecule has 1 aliphatic rings. The summed E-state index contributed by atoms with van der Waals surface area (Å²) >= 11 is 3.51. The topological polar surface area (TPSA) is 60.2 Å². The van der Waals surface area contributed by atoms with Crippen molar-refractivity contribution < 1.29 is 9.53 Å². The van der Waals surface area contributed by atoms with Gasteiger partial charge in [0, 0.05) is 29.1 Å². The average Bonchev–Trinajstić information content (AvgIpc) is 2.91. The number of carbonyl (C=O) groups is 1. The van der Waals surface area contributed by atoms with Gasteiger partial charge in [-0.1, -0.05) is 0 Å². The highest BCUT2D eigenvalue weighted by atomic mass is 79.9. The number of rotatable bonds is 1. The molecule has 0 bridgehead atoms. The summed E-state index contributed by atoms with van der Waals surface area (Å²) in [6, 6.07) is 0.280. The summed E-state index contributed by atoms with van der Waals surface area (Å²) in [6.45, 7) is 7.03. The van der Waals surface area contributed by atoms with E-state index in [2.05, 4.69) is 26.0 Å². The molecular formula is C16H21BrN4O2. The number of hydrogen-bond acceptors (Lipinski definition) is 4. The Morgan fingerprint density at radius 2 is 1.96 bits per heavy atom. The van der Waals surface area contributed by atoms with E-state index in [0.29, 0.717) is 13.1 Å². The Labute approximate surface area is 143 Å². The lowest BCUT2D eigenvalue weighted by Gasteiger charge is -2.33. The van der Waals surface area contributed by atoms with Gasteiger partial charge in [0.1, 0.15) is 5.60 Å². The molecule has 2 aromatic rings. The first-order chi connectivity index (χ1) is 10.8. The molecule has 3 heterocycles. The van der Waals surface area contributed by atoms with Crippen LogP contribution in [0.1, 0.15) is 39.7 Å². The van der Waals surface area contributed by atoms with Crippen molar-refractivity contribution in [3.05, 3.63) is 23.1 Å². The van der Waals surface area contributed by atoms with Crippen molar-refractivity contribution in [2.75, 3.05) is 13.1 Å². The lowest BCUT2D eigenvalue weighted by molar-refractivity contribution is 0.0186. The number of carbonyl (C=O) groups excluding carboxylic acids is 1. The second-order valence-corrected chi connectivity index (χ2v) is 7.70. The SMILES string of the molecule is CC(C)(C)OC(=O)N1CCC(n2ncc3c(Br)cncc32)CC1. The Kier molecular flexibility index (Phi) is 4.31. The van der Waals surface area contributed by atoms with Gasteiger partial charge in [-0.25, -0.2) is 4.79 Å². The Morgan fingerprint density at radius 3 is 2.61 bits per heavy atom. The van der Waals surface area contributed by atoms with Gasteiger partial charge in [-0.15, -0.1) is 0 Å². The van der Waals surface area contributed by atoms with Crippen LogP contribution in [0.25, 0.3) is 10.9 Å². The maximum Gasteiger partial charge on any atom is 0.410 e. The Balaban J connectivity index is 1.69. The number of aromatic nitrogens is 3. The van der Waals surface area contributed by atoms with Crippen molar-refractivity contribution in [2.45, 2.75) is 45.3 Å². The summed E-state index contributed by atoms with van der Waals surface area (Å²) in [6.07, 6.45) is 6.98. The maximum absolute atomic E-state index is 12.1. The van der Waals surface area contributed by atoms with Crippen LogP contribution in [0.3, 0.4) is 0 Å². The van der Waals surface area contributed by atoms with E-state index in [1.54, 1.807) is 11.1 Å². The van der Waals surface area contributed by atoms with E-state index >= 15 is 0 Å². The van der Waals surface area contributed by atoms with Crippen molar-refractivity contribution in [1.29, 1.82) is 0 Å². The fraction of sp³-hybridized carbons (Fsp3) is 0.562. The van der Waals surface area contributed by atoms with Crippen LogP contribution in [-0.2, 0) is 4.74 Å². The van der Waals surface area contributed by atoms with E-state index in [0.717, 1.165) is 28.2 Å². The molecular weight excluding hydrogens is 360 g/mol. The molecule has 0 spiro atoms. The van der Waals surface area contributed by atoms with Crippen molar-refractivity contribution in [3.63, 3.8) is 0 Å². The third-order valence-electron chi connectivity index (χ3n) is 3.94. The minimum Gasteiger partial charge on any atom is -0.444 e. The first-order valence-corrected chi connectivity index (χ1v) is 8.59. The van der Waals surface area contributed by atoms with Crippen LogP contribution >= 0.6 is 15.9 Å². The van der Waals surface area contributed by atoms with Gasteiger partial charge in [-0.3, -0.25) is 9.67 Å². The molecule has 1 aliphatic heterocycles. The summed E-state index contributed by atoms with van der Waals surface area (Å²) in [4.78, 5) is 18.1. The number of amides is 1. The highest BCUT2D eigenvalue weighted by molar-refractivity contribution is 9.10. The third kappa shape index (κ3) is 3.49. The number of piperidine rings is 1. The molecule has 0 atom stereocenters. The Bertz CT molecular complexity index is 714. The van der Waals surface area contributed by atoms with Crippen molar-refractivity contribution in [2.24, 2.45) is 0 Å². The first kappa shape index (κ1) is 16.2. The molecule has 3 rings (SSSR count). The first-order valence-electron chi connectivity index (χ1n) is 7.80. The molecule has 0 aliphatic carbocycles. The molecule has 0 saturated carbocycles. The normalized spacial score (nSPS) is 16.8. The third-order valence-corrected chi connectivity index (χ3v) is 4.57. The fourth-order valence-electron chi connectivity index (χ4n) is 2.84. The standard InChI is InChI=1S/C16H21BrN4O2/c1-16(2,3)23-15(22)20-6-4-11(5-7-20)21-14-10-18-9-13(17)12(14)8-19-21/h8-11H,4-7H2,1-3H3. The summed E-state index contributed by atoms with van der Waals surface area (Å²) in [5.41, 5.74) is 0.569. The number of halogens is 1. The second kappa shape index (κ2) is 6.11. The zero-order valence-corrected chi connectivity index (χ0v) is 15.2. The van der Waals surface area contributed by atoms with Gasteiger partial charge < -0.3 is 9.64 Å². The predicted molar refractivity (Wildman–Crippen MR) is 91.3 cm³/mol. The van der Waals surface area contributed by atoms with Crippen LogP contribution < -0.4 is 0 Å². The molecule has 0 radical (unpaired) electrons. The van der Waals surface area contributed by atoms with E-state index in [-0.39, 0.29) is 12.1 Å². The lowest BCUT2D eigenvalue weighted by Crippen LogP contribution is -2.42. The number of pyridine rings is 1. The van der Waals surface area contributed by atoms with Gasteiger partial charge >= 0.3 is 6.09 Å². The van der Waals surface area contributed by atoms with Crippen LogP contribution in [0.15, 0.2) is 23.1 Å². The van der Waals surface area contributed by atoms with E-state index in [1.807, 2.05) is 37.8 Å². The Morgan fingerprint density at radius 1 is 1.26 bits per heavy atom. The lowest BCUT2D eigenvalue weighted by atomic mass is 10.1. The van der Waals surface area contributed by atoms with Gasteiger partial charge in [0.15, 0.2) is 0 Å². The van der Waals surface area contributed by atoms with Crippen LogP contribution in [0.2, 0.25) is 0 Å². The molecule has 0 N–H and O–H groups in total. The number of nitrogens with zero attached hydrogens (tertiary/aromatic N) is 4. The zero-order chi connectivity index (χ0) is 16.6. The quantitative estimate of drug-likeness (QED) is 0.755. The largest absolute Gasteiger partial charge is 0.444 e. The molecule has 124 valence electrons. The van der Waals surface area contributed by atoms with E-state index < -0.39 is 5.60 Å². The van der Waals surface area contributed by atoms with Crippen LogP contribution in [0.4, 0.5) is 4.79 Å². The van der Waals surface area contributed by atoms with E-state index in [9.17, 15) is 4.79 Å². The van der Waals surface area contributed by atoms with Crippen molar-refractivity contribution >= 4 is 32.9 Å². The number of hydrogen-bond donors (Lipinski definition) is 0.